The van der Waals surface area contributed by atoms with Crippen LogP contribution in [0.25, 0.3) is 4.91 Å². The number of hydrogen-bond acceptors (Lipinski definition) is 6. The predicted molar refractivity (Wildman–Crippen MR) is 141 cm³/mol. The summed E-state index contributed by atoms with van der Waals surface area (Å²) in [6, 6.07) is 14.3. The van der Waals surface area contributed by atoms with E-state index >= 15 is 0 Å². The second kappa shape index (κ2) is 10.3. The molecule has 0 saturated carbocycles. The third-order valence-electron chi connectivity index (χ3n) is 7.02. The van der Waals surface area contributed by atoms with Crippen LogP contribution in [0.4, 0.5) is 0 Å². The van der Waals surface area contributed by atoms with E-state index in [9.17, 15) is 15.0 Å². The highest BCUT2D eigenvalue weighted by Crippen LogP contribution is 2.53. The Morgan fingerprint density at radius 3 is 2.43 bits per heavy atom. The zero-order chi connectivity index (χ0) is 24.4. The number of piperidine rings is 1. The second-order valence-corrected chi connectivity index (χ2v) is 10.5. The summed E-state index contributed by atoms with van der Waals surface area (Å²) in [5, 5.41) is 20.0. The summed E-state index contributed by atoms with van der Waals surface area (Å²) >= 11 is 1.60. The zero-order valence-electron chi connectivity index (χ0n) is 19.9. The van der Waals surface area contributed by atoms with Crippen LogP contribution in [0.15, 0.2) is 77.6 Å². The first-order valence-electron chi connectivity index (χ1n) is 12.3. The molecule has 2 N–H and O–H groups in total. The van der Waals surface area contributed by atoms with E-state index in [0.29, 0.717) is 23.5 Å². The largest absolute Gasteiger partial charge is 0.512 e. The van der Waals surface area contributed by atoms with Crippen molar-refractivity contribution in [2.24, 2.45) is 5.92 Å². The number of rotatable bonds is 7. The maximum absolute atomic E-state index is 13.8. The van der Waals surface area contributed by atoms with Crippen LogP contribution in [-0.4, -0.2) is 52.4 Å². The molecular formula is C29H31NO4S. The lowest BCUT2D eigenvalue weighted by molar-refractivity contribution is 0.103. The van der Waals surface area contributed by atoms with E-state index in [1.54, 1.807) is 30.0 Å². The number of likely N-dealkylation sites (tertiary alicyclic amines) is 1. The number of ketones is 1. The van der Waals surface area contributed by atoms with Crippen LogP contribution in [0.5, 0.6) is 11.5 Å². The third kappa shape index (κ3) is 5.04. The number of aromatic hydroxyl groups is 1. The molecule has 1 fully saturated rings. The first-order valence-corrected chi connectivity index (χ1v) is 13.2. The number of allylic oxidation sites excluding steroid dienone is 4. The number of nitrogens with zero attached hydrogens (tertiary/aromatic N) is 1. The van der Waals surface area contributed by atoms with Crippen molar-refractivity contribution >= 4 is 22.5 Å². The van der Waals surface area contributed by atoms with Gasteiger partial charge in [0.2, 0.25) is 0 Å². The van der Waals surface area contributed by atoms with Gasteiger partial charge in [-0.1, -0.05) is 31.6 Å². The van der Waals surface area contributed by atoms with Crippen molar-refractivity contribution in [1.82, 2.24) is 4.90 Å². The Morgan fingerprint density at radius 2 is 1.71 bits per heavy atom. The predicted octanol–water partition coefficient (Wildman–Crippen LogP) is 5.98. The zero-order valence-corrected chi connectivity index (χ0v) is 20.8. The molecule has 182 valence electrons. The van der Waals surface area contributed by atoms with Gasteiger partial charge in [0, 0.05) is 33.8 Å². The topological polar surface area (TPSA) is 70.0 Å². The molecule has 2 aliphatic heterocycles. The number of aliphatic hydroxyl groups excluding tert-OH is 1. The second-order valence-electron chi connectivity index (χ2n) is 9.40. The summed E-state index contributed by atoms with van der Waals surface area (Å²) in [5.74, 6) is 1.15. The molecule has 0 radical (unpaired) electrons. The number of carbonyl (C=O) groups is 1. The van der Waals surface area contributed by atoms with E-state index in [1.165, 1.54) is 19.3 Å². The van der Waals surface area contributed by atoms with Crippen molar-refractivity contribution in [3.8, 4) is 11.5 Å². The van der Waals surface area contributed by atoms with Crippen molar-refractivity contribution in [2.45, 2.75) is 31.4 Å². The van der Waals surface area contributed by atoms with E-state index in [0.717, 1.165) is 41.4 Å². The molecule has 35 heavy (non-hydrogen) atoms. The molecule has 0 spiro atoms. The fraction of sp³-hybridized carbons (Fsp3) is 0.345. The molecule has 0 bridgehead atoms. The van der Waals surface area contributed by atoms with Gasteiger partial charge >= 0.3 is 0 Å². The molecule has 3 aliphatic rings. The van der Waals surface area contributed by atoms with Crippen LogP contribution in [0.3, 0.4) is 0 Å². The number of phenols is 1. The van der Waals surface area contributed by atoms with Crippen LogP contribution in [0.1, 0.15) is 42.1 Å². The van der Waals surface area contributed by atoms with Gasteiger partial charge in [-0.2, -0.15) is 0 Å². The highest BCUT2D eigenvalue weighted by molar-refractivity contribution is 8.09. The van der Waals surface area contributed by atoms with Crippen molar-refractivity contribution in [3.63, 3.8) is 0 Å². The number of carbonyl (C=O) groups excluding carboxylic acids is 1. The molecular weight excluding hydrogens is 458 g/mol. The first kappa shape index (κ1) is 23.8. The standard InChI is InChI=1S/C29H31NO4S/c1-19-25(32)14-13-24-26(29(35-28(19)24)21-5-9-22(31)10-6-21)27(33)20-7-11-23(12-8-20)34-18-17-30-15-3-2-4-16-30/h5-14,19,28,31-32H,2-4,15-18H2,1H3. The molecule has 0 amide bonds. The highest BCUT2D eigenvalue weighted by atomic mass is 32.2. The molecule has 2 aromatic carbocycles. The molecule has 1 aliphatic carbocycles. The lowest BCUT2D eigenvalue weighted by Crippen LogP contribution is -2.33. The number of aliphatic hydroxyl groups is 1. The number of Topliss-reactive ketones (excluding diaryl/α,β-unsaturated/α-hetero) is 1. The summed E-state index contributed by atoms with van der Waals surface area (Å²) in [7, 11) is 0. The van der Waals surface area contributed by atoms with Crippen LogP contribution < -0.4 is 4.74 Å². The molecule has 0 aromatic heterocycles. The van der Waals surface area contributed by atoms with Gasteiger partial charge in [-0.25, -0.2) is 0 Å². The van der Waals surface area contributed by atoms with Crippen LogP contribution in [0.2, 0.25) is 0 Å². The Labute approximate surface area is 210 Å². The minimum atomic E-state index is -0.0897. The lowest BCUT2D eigenvalue weighted by atomic mass is 9.85. The van der Waals surface area contributed by atoms with Gasteiger partial charge in [-0.05, 0) is 79.5 Å². The Hall–Kier alpha value is -2.96. The normalized spacial score (nSPS) is 22.4. The Morgan fingerprint density at radius 1 is 1.00 bits per heavy atom. The van der Waals surface area contributed by atoms with E-state index in [-0.39, 0.29) is 22.7 Å². The Kier molecular flexibility index (Phi) is 7.02. The molecule has 6 heteroatoms. The number of benzene rings is 2. The van der Waals surface area contributed by atoms with Crippen LogP contribution in [-0.2, 0) is 0 Å². The molecule has 2 heterocycles. The molecule has 2 atom stereocenters. The van der Waals surface area contributed by atoms with E-state index < -0.39 is 0 Å². The maximum Gasteiger partial charge on any atom is 0.194 e. The first-order chi connectivity index (χ1) is 17.0. The van der Waals surface area contributed by atoms with Crippen molar-refractivity contribution in [1.29, 1.82) is 0 Å². The Bertz CT molecular complexity index is 1170. The van der Waals surface area contributed by atoms with Crippen molar-refractivity contribution < 1.29 is 19.7 Å². The quantitative estimate of drug-likeness (QED) is 0.466. The van der Waals surface area contributed by atoms with Gasteiger partial charge in [0.05, 0.1) is 5.76 Å². The van der Waals surface area contributed by atoms with Gasteiger partial charge in [-0.15, -0.1) is 11.8 Å². The average Bonchev–Trinajstić information content (AvgIpc) is 3.27. The number of phenolic OH excluding ortho intramolecular Hbond substituents is 1. The summed E-state index contributed by atoms with van der Waals surface area (Å²) in [6.45, 7) is 5.84. The monoisotopic (exact) mass is 489 g/mol. The van der Waals surface area contributed by atoms with Crippen LogP contribution >= 0.6 is 11.8 Å². The minimum absolute atomic E-state index is 0.0276. The molecule has 5 rings (SSSR count). The van der Waals surface area contributed by atoms with E-state index in [1.807, 2.05) is 49.4 Å². The van der Waals surface area contributed by atoms with Gasteiger partial charge in [-0.3, -0.25) is 9.69 Å². The minimum Gasteiger partial charge on any atom is -0.512 e. The fourth-order valence-corrected chi connectivity index (χ4v) is 6.46. The number of thioether (sulfide) groups is 1. The maximum atomic E-state index is 13.8. The van der Waals surface area contributed by atoms with E-state index in [4.69, 9.17) is 4.74 Å². The summed E-state index contributed by atoms with van der Waals surface area (Å²) in [5.41, 5.74) is 3.10. The number of hydrogen-bond donors (Lipinski definition) is 2. The van der Waals surface area contributed by atoms with Gasteiger partial charge in [0.15, 0.2) is 5.78 Å². The highest BCUT2D eigenvalue weighted by Gasteiger charge is 2.40. The molecule has 2 aromatic rings. The van der Waals surface area contributed by atoms with Gasteiger partial charge in [0.25, 0.3) is 0 Å². The smallest absolute Gasteiger partial charge is 0.194 e. The van der Waals surface area contributed by atoms with Crippen molar-refractivity contribution in [3.05, 3.63) is 88.7 Å². The summed E-state index contributed by atoms with van der Waals surface area (Å²) in [6.07, 6.45) is 7.42. The lowest BCUT2D eigenvalue weighted by Gasteiger charge is -2.26. The van der Waals surface area contributed by atoms with Gasteiger partial charge < -0.3 is 14.9 Å². The Balaban J connectivity index is 1.37. The van der Waals surface area contributed by atoms with E-state index in [2.05, 4.69) is 4.90 Å². The SMILES string of the molecule is CC1C(O)=CC=C2C(C(=O)c3ccc(OCCN4CCCCC4)cc3)=C(c3ccc(O)cc3)SC21. The van der Waals surface area contributed by atoms with Gasteiger partial charge in [0.1, 0.15) is 18.1 Å². The number of ether oxygens (including phenoxy) is 1. The fourth-order valence-electron chi connectivity index (χ4n) is 4.94. The van der Waals surface area contributed by atoms with Crippen molar-refractivity contribution in [2.75, 3.05) is 26.2 Å². The third-order valence-corrected chi connectivity index (χ3v) is 8.61. The number of fused-ring (bicyclic) bond motifs is 1. The summed E-state index contributed by atoms with van der Waals surface area (Å²) < 4.78 is 5.94. The average molecular weight is 490 g/mol. The molecule has 1 saturated heterocycles. The molecule has 2 unspecified atom stereocenters. The van der Waals surface area contributed by atoms with Crippen LogP contribution in [0, 0.1) is 5.92 Å². The molecule has 5 nitrogen and oxygen atoms in total. The summed E-state index contributed by atoms with van der Waals surface area (Å²) in [4.78, 5) is 17.1.